The summed E-state index contributed by atoms with van der Waals surface area (Å²) in [6.07, 6.45) is 5.97. The molecule has 0 bridgehead atoms. The fourth-order valence-electron chi connectivity index (χ4n) is 3.73. The molecule has 0 saturated carbocycles. The van der Waals surface area contributed by atoms with Gasteiger partial charge in [-0.25, -0.2) is 4.98 Å². The van der Waals surface area contributed by atoms with Crippen molar-refractivity contribution in [3.05, 3.63) is 59.8 Å². The highest BCUT2D eigenvalue weighted by Crippen LogP contribution is 2.23. The number of likely N-dealkylation sites (tertiary alicyclic amines) is 1. The fraction of sp³-hybridized carbons (Fsp3) is 0.435. The molecule has 3 rings (SSSR count). The number of carbonyl (C=O) groups excluding carboxylic acids is 2. The largest absolute Gasteiger partial charge is 0.359 e. The second-order valence-electron chi connectivity index (χ2n) is 7.67. The summed E-state index contributed by atoms with van der Waals surface area (Å²) < 4.78 is 0. The number of benzene rings is 1. The Balaban J connectivity index is 1.47. The van der Waals surface area contributed by atoms with E-state index in [9.17, 15) is 9.59 Å². The number of piperidine rings is 1. The third kappa shape index (κ3) is 5.79. The van der Waals surface area contributed by atoms with Crippen LogP contribution >= 0.6 is 0 Å². The van der Waals surface area contributed by atoms with E-state index in [1.54, 1.807) is 32.3 Å². The van der Waals surface area contributed by atoms with Gasteiger partial charge in [0.2, 0.25) is 5.91 Å². The van der Waals surface area contributed by atoms with Gasteiger partial charge >= 0.3 is 0 Å². The highest BCUT2D eigenvalue weighted by Gasteiger charge is 2.23. The van der Waals surface area contributed by atoms with Crippen molar-refractivity contribution in [1.82, 2.24) is 15.2 Å². The van der Waals surface area contributed by atoms with Crippen LogP contribution < -0.4 is 10.6 Å². The van der Waals surface area contributed by atoms with Crippen molar-refractivity contribution in [2.24, 2.45) is 5.92 Å². The van der Waals surface area contributed by atoms with Crippen LogP contribution in [0.2, 0.25) is 0 Å². The number of hydrogen-bond donors (Lipinski definition) is 2. The van der Waals surface area contributed by atoms with Crippen molar-refractivity contribution in [1.29, 1.82) is 0 Å². The topological polar surface area (TPSA) is 74.3 Å². The molecular weight excluding hydrogens is 364 g/mol. The van der Waals surface area contributed by atoms with Gasteiger partial charge in [-0.05, 0) is 56.2 Å². The molecule has 1 aromatic carbocycles. The van der Waals surface area contributed by atoms with Gasteiger partial charge in [0.15, 0.2) is 0 Å². The molecule has 0 radical (unpaired) electrons. The Labute approximate surface area is 172 Å². The molecule has 154 valence electrons. The highest BCUT2D eigenvalue weighted by molar-refractivity contribution is 5.94. The van der Waals surface area contributed by atoms with Crippen molar-refractivity contribution in [2.75, 3.05) is 25.5 Å². The smallest absolute Gasteiger partial charge is 0.255 e. The molecule has 6 nitrogen and oxygen atoms in total. The molecule has 1 aliphatic rings. The minimum atomic E-state index is -0.385. The maximum absolute atomic E-state index is 12.8. The lowest BCUT2D eigenvalue weighted by molar-refractivity contribution is -0.121. The van der Waals surface area contributed by atoms with Gasteiger partial charge in [0.05, 0.1) is 5.56 Å². The summed E-state index contributed by atoms with van der Waals surface area (Å²) in [6, 6.07) is 13.7. The predicted molar refractivity (Wildman–Crippen MR) is 115 cm³/mol. The van der Waals surface area contributed by atoms with Gasteiger partial charge in [0, 0.05) is 26.3 Å². The number of pyridine rings is 1. The first kappa shape index (κ1) is 20.8. The van der Waals surface area contributed by atoms with Crippen LogP contribution in [0.25, 0.3) is 0 Å². The van der Waals surface area contributed by atoms with E-state index in [0.717, 1.165) is 32.4 Å². The summed E-state index contributed by atoms with van der Waals surface area (Å²) in [5.41, 5.74) is 1.97. The number of aromatic nitrogens is 1. The number of rotatable bonds is 7. The van der Waals surface area contributed by atoms with Crippen LogP contribution in [0.4, 0.5) is 5.82 Å². The normalized spacial score (nSPS) is 15.6. The summed E-state index contributed by atoms with van der Waals surface area (Å²) in [6.45, 7) is 3.36. The molecular formula is C23H30N4O2. The zero-order chi connectivity index (χ0) is 20.6. The molecule has 1 aliphatic heterocycles. The fourth-order valence-corrected chi connectivity index (χ4v) is 3.73. The Morgan fingerprint density at radius 3 is 2.48 bits per heavy atom. The third-order valence-corrected chi connectivity index (χ3v) is 5.60. The summed E-state index contributed by atoms with van der Waals surface area (Å²) in [5, 5.41) is 5.61. The van der Waals surface area contributed by atoms with E-state index >= 15 is 0 Å². The molecule has 1 fully saturated rings. The average molecular weight is 395 g/mol. The van der Waals surface area contributed by atoms with Gasteiger partial charge in [-0.2, -0.15) is 0 Å². The Hall–Kier alpha value is -2.89. The van der Waals surface area contributed by atoms with Gasteiger partial charge in [-0.3, -0.25) is 9.59 Å². The van der Waals surface area contributed by atoms with Crippen molar-refractivity contribution in [3.8, 4) is 0 Å². The monoisotopic (exact) mass is 394 g/mol. The lowest BCUT2D eigenvalue weighted by Crippen LogP contribution is -2.38. The van der Waals surface area contributed by atoms with E-state index in [4.69, 9.17) is 0 Å². The number of anilines is 1. The highest BCUT2D eigenvalue weighted by atomic mass is 16.2. The molecule has 2 amide bonds. The number of hydrogen-bond acceptors (Lipinski definition) is 4. The minimum Gasteiger partial charge on any atom is -0.359 e. The average Bonchev–Trinajstić information content (AvgIpc) is 2.78. The standard InChI is InChI=1S/C23H30N4O2/c1-17(22(28)24-2)26-21-11-10-20(16-25-21)23(29)27-14-12-19(13-15-27)9-8-18-6-4-3-5-7-18/h3-7,10-11,16-17,19H,8-9,12-15H2,1-2H3,(H,24,28)(H,25,26)/t17-/m1/s1. The van der Waals surface area contributed by atoms with Gasteiger partial charge in [0.1, 0.15) is 11.9 Å². The molecule has 1 saturated heterocycles. The Bertz CT molecular complexity index is 799. The van der Waals surface area contributed by atoms with Crippen molar-refractivity contribution in [2.45, 2.75) is 38.6 Å². The Kier molecular flexibility index (Phi) is 7.22. The van der Waals surface area contributed by atoms with Crippen LogP contribution in [0.15, 0.2) is 48.7 Å². The van der Waals surface area contributed by atoms with Crippen LogP contribution in [0.5, 0.6) is 0 Å². The zero-order valence-corrected chi connectivity index (χ0v) is 17.2. The van der Waals surface area contributed by atoms with Crippen molar-refractivity contribution >= 4 is 17.6 Å². The number of likely N-dealkylation sites (N-methyl/N-ethyl adjacent to an activating group) is 1. The summed E-state index contributed by atoms with van der Waals surface area (Å²) in [4.78, 5) is 30.6. The number of nitrogens with zero attached hydrogens (tertiary/aromatic N) is 2. The van der Waals surface area contributed by atoms with E-state index < -0.39 is 0 Å². The summed E-state index contributed by atoms with van der Waals surface area (Å²) in [7, 11) is 1.60. The lowest BCUT2D eigenvalue weighted by atomic mass is 9.90. The predicted octanol–water partition coefficient (Wildman–Crippen LogP) is 3.11. The van der Waals surface area contributed by atoms with E-state index in [-0.39, 0.29) is 17.9 Å². The van der Waals surface area contributed by atoms with Crippen molar-refractivity contribution < 1.29 is 9.59 Å². The maximum atomic E-state index is 12.8. The molecule has 2 heterocycles. The van der Waals surface area contributed by atoms with Crippen LogP contribution in [0, 0.1) is 5.92 Å². The molecule has 0 aliphatic carbocycles. The molecule has 2 aromatic rings. The summed E-state index contributed by atoms with van der Waals surface area (Å²) >= 11 is 0. The van der Waals surface area contributed by atoms with Crippen LogP contribution in [0.1, 0.15) is 42.1 Å². The number of amides is 2. The molecule has 6 heteroatoms. The molecule has 0 spiro atoms. The second-order valence-corrected chi connectivity index (χ2v) is 7.67. The maximum Gasteiger partial charge on any atom is 0.255 e. The van der Waals surface area contributed by atoms with E-state index in [1.165, 1.54) is 12.0 Å². The summed E-state index contributed by atoms with van der Waals surface area (Å²) in [5.74, 6) is 1.18. The number of carbonyl (C=O) groups is 2. The quantitative estimate of drug-likeness (QED) is 0.757. The molecule has 1 aromatic heterocycles. The lowest BCUT2D eigenvalue weighted by Gasteiger charge is -2.32. The van der Waals surface area contributed by atoms with Gasteiger partial charge in [-0.1, -0.05) is 30.3 Å². The second kappa shape index (κ2) is 10.0. The number of aryl methyl sites for hydroxylation is 1. The van der Waals surface area contributed by atoms with Gasteiger partial charge < -0.3 is 15.5 Å². The molecule has 0 unspecified atom stereocenters. The first-order valence-electron chi connectivity index (χ1n) is 10.3. The molecule has 29 heavy (non-hydrogen) atoms. The van der Waals surface area contributed by atoms with Crippen LogP contribution in [0.3, 0.4) is 0 Å². The molecule has 2 N–H and O–H groups in total. The van der Waals surface area contributed by atoms with Crippen LogP contribution in [-0.4, -0.2) is 47.9 Å². The van der Waals surface area contributed by atoms with Crippen LogP contribution in [-0.2, 0) is 11.2 Å². The number of nitrogens with one attached hydrogen (secondary N) is 2. The van der Waals surface area contributed by atoms with Gasteiger partial charge in [-0.15, -0.1) is 0 Å². The van der Waals surface area contributed by atoms with E-state index in [1.807, 2.05) is 11.0 Å². The minimum absolute atomic E-state index is 0.0323. The molecule has 1 atom stereocenters. The van der Waals surface area contributed by atoms with E-state index in [0.29, 0.717) is 17.3 Å². The first-order valence-corrected chi connectivity index (χ1v) is 10.3. The van der Waals surface area contributed by atoms with Crippen molar-refractivity contribution in [3.63, 3.8) is 0 Å². The van der Waals surface area contributed by atoms with Gasteiger partial charge in [0.25, 0.3) is 5.91 Å². The third-order valence-electron chi connectivity index (χ3n) is 5.60. The Morgan fingerprint density at radius 1 is 1.14 bits per heavy atom. The SMILES string of the molecule is CNC(=O)[C@@H](C)Nc1ccc(C(=O)N2CCC(CCc3ccccc3)CC2)cn1. The van der Waals surface area contributed by atoms with E-state index in [2.05, 4.69) is 39.9 Å². The zero-order valence-electron chi connectivity index (χ0n) is 17.2. The Morgan fingerprint density at radius 2 is 1.86 bits per heavy atom. The first-order chi connectivity index (χ1) is 14.1.